The number of carbonyl (C=O) groups excluding carboxylic acids is 1. The first kappa shape index (κ1) is 14.5. The van der Waals surface area contributed by atoms with Crippen molar-refractivity contribution >= 4 is 5.91 Å². The Morgan fingerprint density at radius 2 is 2.18 bits per heavy atom. The Labute approximate surface area is 105 Å². The molecule has 0 radical (unpaired) electrons. The molecule has 1 heterocycles. The van der Waals surface area contributed by atoms with E-state index >= 15 is 0 Å². The molecule has 4 nitrogen and oxygen atoms in total. The van der Waals surface area contributed by atoms with Gasteiger partial charge in [-0.2, -0.15) is 0 Å². The highest BCUT2D eigenvalue weighted by Crippen LogP contribution is 2.21. The summed E-state index contributed by atoms with van der Waals surface area (Å²) in [6.07, 6.45) is 2.07. The Kier molecular flexibility index (Phi) is 4.95. The molecule has 1 rings (SSSR count). The molecule has 1 fully saturated rings. The minimum absolute atomic E-state index is 0.0209. The number of hydrogen-bond donors (Lipinski definition) is 2. The summed E-state index contributed by atoms with van der Waals surface area (Å²) < 4.78 is 0. The van der Waals surface area contributed by atoms with Crippen LogP contribution in [0.3, 0.4) is 0 Å². The third-order valence-corrected chi connectivity index (χ3v) is 3.63. The molecule has 4 heteroatoms. The van der Waals surface area contributed by atoms with Gasteiger partial charge in [-0.05, 0) is 45.8 Å². The van der Waals surface area contributed by atoms with Gasteiger partial charge in [0.1, 0.15) is 0 Å². The van der Waals surface area contributed by atoms with Crippen LogP contribution in [0.4, 0.5) is 0 Å². The molecule has 100 valence electrons. The second-order valence-electron chi connectivity index (χ2n) is 6.11. The fourth-order valence-electron chi connectivity index (χ4n) is 2.37. The van der Waals surface area contributed by atoms with Gasteiger partial charge >= 0.3 is 0 Å². The molecular formula is C13H27N3O. The number of amides is 1. The fourth-order valence-corrected chi connectivity index (χ4v) is 2.37. The van der Waals surface area contributed by atoms with Crippen molar-refractivity contribution < 1.29 is 4.79 Å². The van der Waals surface area contributed by atoms with E-state index in [0.29, 0.717) is 0 Å². The first-order valence-electron chi connectivity index (χ1n) is 6.51. The molecule has 17 heavy (non-hydrogen) atoms. The normalized spacial score (nSPS) is 22.8. The Morgan fingerprint density at radius 3 is 2.65 bits per heavy atom. The Morgan fingerprint density at radius 1 is 1.53 bits per heavy atom. The van der Waals surface area contributed by atoms with Gasteiger partial charge in [0.15, 0.2) is 0 Å². The zero-order valence-electron chi connectivity index (χ0n) is 11.8. The van der Waals surface area contributed by atoms with Crippen LogP contribution in [0, 0.1) is 5.41 Å². The average molecular weight is 241 g/mol. The monoisotopic (exact) mass is 241 g/mol. The fraction of sp³-hybridized carbons (Fsp3) is 0.923. The highest BCUT2D eigenvalue weighted by molar-refractivity contribution is 5.82. The third-order valence-electron chi connectivity index (χ3n) is 3.63. The van der Waals surface area contributed by atoms with Crippen LogP contribution in [0.2, 0.25) is 0 Å². The first-order valence-corrected chi connectivity index (χ1v) is 6.51. The zero-order valence-corrected chi connectivity index (χ0v) is 11.8. The van der Waals surface area contributed by atoms with E-state index < -0.39 is 0 Å². The summed E-state index contributed by atoms with van der Waals surface area (Å²) in [6, 6.07) is 0.201. The molecule has 1 aliphatic heterocycles. The summed E-state index contributed by atoms with van der Waals surface area (Å²) >= 11 is 0. The van der Waals surface area contributed by atoms with E-state index in [1.54, 1.807) is 0 Å². The largest absolute Gasteiger partial charge is 0.352 e. The van der Waals surface area contributed by atoms with Crippen molar-refractivity contribution in [2.75, 3.05) is 27.2 Å². The van der Waals surface area contributed by atoms with Crippen LogP contribution < -0.4 is 10.6 Å². The molecular weight excluding hydrogens is 214 g/mol. The molecule has 1 saturated heterocycles. The lowest BCUT2D eigenvalue weighted by atomic mass is 9.84. The van der Waals surface area contributed by atoms with Gasteiger partial charge in [0.25, 0.3) is 0 Å². The molecule has 1 amide bonds. The van der Waals surface area contributed by atoms with Crippen molar-refractivity contribution in [3.8, 4) is 0 Å². The minimum atomic E-state index is 0.0209. The molecule has 0 bridgehead atoms. The van der Waals surface area contributed by atoms with Crippen LogP contribution >= 0.6 is 0 Å². The van der Waals surface area contributed by atoms with Gasteiger partial charge in [-0.3, -0.25) is 4.79 Å². The Hall–Kier alpha value is -0.610. The highest BCUT2D eigenvalue weighted by Gasteiger charge is 2.30. The van der Waals surface area contributed by atoms with Gasteiger partial charge in [0.2, 0.25) is 5.91 Å². The molecule has 2 N–H and O–H groups in total. The summed E-state index contributed by atoms with van der Waals surface area (Å²) in [5.74, 6) is 0.154. The lowest BCUT2D eigenvalue weighted by Crippen LogP contribution is -2.51. The van der Waals surface area contributed by atoms with Crippen LogP contribution in [0.25, 0.3) is 0 Å². The molecule has 1 aliphatic rings. The molecule has 1 unspecified atom stereocenters. The molecule has 0 aromatic carbocycles. The van der Waals surface area contributed by atoms with Gasteiger partial charge in [-0.25, -0.2) is 0 Å². The number of hydrogen-bond acceptors (Lipinski definition) is 3. The van der Waals surface area contributed by atoms with Gasteiger partial charge in [0, 0.05) is 12.6 Å². The van der Waals surface area contributed by atoms with E-state index in [4.69, 9.17) is 0 Å². The summed E-state index contributed by atoms with van der Waals surface area (Å²) in [4.78, 5) is 14.2. The summed E-state index contributed by atoms with van der Waals surface area (Å²) in [7, 11) is 4.13. The lowest BCUT2D eigenvalue weighted by molar-refractivity contribution is -0.124. The van der Waals surface area contributed by atoms with Crippen LogP contribution in [0.15, 0.2) is 0 Å². The van der Waals surface area contributed by atoms with Crippen molar-refractivity contribution in [3.63, 3.8) is 0 Å². The van der Waals surface area contributed by atoms with E-state index in [1.165, 1.54) is 0 Å². The predicted molar refractivity (Wildman–Crippen MR) is 71.0 cm³/mol. The van der Waals surface area contributed by atoms with Crippen molar-refractivity contribution in [2.24, 2.45) is 5.41 Å². The van der Waals surface area contributed by atoms with E-state index in [0.717, 1.165) is 25.9 Å². The number of nitrogens with zero attached hydrogens (tertiary/aromatic N) is 1. The molecule has 0 aliphatic carbocycles. The van der Waals surface area contributed by atoms with E-state index in [1.807, 2.05) is 0 Å². The van der Waals surface area contributed by atoms with Crippen molar-refractivity contribution in [2.45, 2.75) is 45.7 Å². The molecule has 0 saturated carbocycles. The maximum Gasteiger partial charge on any atom is 0.237 e. The third kappa shape index (κ3) is 4.28. The summed E-state index contributed by atoms with van der Waals surface area (Å²) in [5, 5.41) is 6.37. The summed E-state index contributed by atoms with van der Waals surface area (Å²) in [5.41, 5.74) is 0.0811. The topological polar surface area (TPSA) is 44.4 Å². The number of rotatable bonds is 5. The minimum Gasteiger partial charge on any atom is -0.352 e. The van der Waals surface area contributed by atoms with E-state index in [-0.39, 0.29) is 23.4 Å². The molecule has 0 aromatic heterocycles. The predicted octanol–water partition coefficient (Wildman–Crippen LogP) is 0.831. The highest BCUT2D eigenvalue weighted by atomic mass is 16.2. The smallest absolute Gasteiger partial charge is 0.237 e. The van der Waals surface area contributed by atoms with Gasteiger partial charge in [0.05, 0.1) is 6.04 Å². The lowest BCUT2D eigenvalue weighted by Gasteiger charge is -2.35. The second kappa shape index (κ2) is 5.83. The maximum absolute atomic E-state index is 12.0. The van der Waals surface area contributed by atoms with Crippen LogP contribution in [-0.4, -0.2) is 50.1 Å². The van der Waals surface area contributed by atoms with Crippen molar-refractivity contribution in [1.29, 1.82) is 0 Å². The molecule has 0 spiro atoms. The van der Waals surface area contributed by atoms with Gasteiger partial charge < -0.3 is 15.5 Å². The SMILES string of the molecule is CC(NC(=O)[C@@H]1CCCN1)C(C)(C)CN(C)C. The van der Waals surface area contributed by atoms with Gasteiger partial charge in [-0.15, -0.1) is 0 Å². The molecule has 2 atom stereocenters. The second-order valence-corrected chi connectivity index (χ2v) is 6.11. The number of carbonyl (C=O) groups is 1. The quantitative estimate of drug-likeness (QED) is 0.749. The zero-order chi connectivity index (χ0) is 13.1. The van der Waals surface area contributed by atoms with Crippen LogP contribution in [0.1, 0.15) is 33.6 Å². The maximum atomic E-state index is 12.0. The van der Waals surface area contributed by atoms with Gasteiger partial charge in [-0.1, -0.05) is 13.8 Å². The van der Waals surface area contributed by atoms with E-state index in [2.05, 4.69) is 50.4 Å². The van der Waals surface area contributed by atoms with E-state index in [9.17, 15) is 4.79 Å². The Balaban J connectivity index is 2.46. The molecule has 0 aromatic rings. The number of nitrogens with one attached hydrogen (secondary N) is 2. The summed E-state index contributed by atoms with van der Waals surface area (Å²) in [6.45, 7) is 8.41. The van der Waals surface area contributed by atoms with Crippen LogP contribution in [-0.2, 0) is 4.79 Å². The van der Waals surface area contributed by atoms with Crippen molar-refractivity contribution in [3.05, 3.63) is 0 Å². The first-order chi connectivity index (χ1) is 7.83. The van der Waals surface area contributed by atoms with Crippen molar-refractivity contribution in [1.82, 2.24) is 15.5 Å². The Bertz CT molecular complexity index is 257. The van der Waals surface area contributed by atoms with Crippen LogP contribution in [0.5, 0.6) is 0 Å². The standard InChI is InChI=1S/C13H27N3O/c1-10(13(2,3)9-16(4)5)15-12(17)11-7-6-8-14-11/h10-11,14H,6-9H2,1-5H3,(H,15,17)/t10?,11-/m0/s1. The average Bonchev–Trinajstić information content (AvgIpc) is 2.67.